The topological polar surface area (TPSA) is 224 Å². The first-order chi connectivity index (χ1) is 31.7. The van der Waals surface area contributed by atoms with Crippen LogP contribution in [0.4, 0.5) is 22.7 Å². The molecule has 0 saturated carbocycles. The maximum atomic E-state index is 13.6. The SMILES string of the molecule is CN(C)CC[C@H](CSc1ccccc1)Nc1ccc(S(=O)(=O)NC(=O)c2ccc(NCCNCc3ccccc3-c3ccc(Cl)cc3)c(NC(=O)CCCCCC(=O)NO)c2)cc1[N+](=O)[O-]. The molecule has 1 atom stereocenters. The summed E-state index contributed by atoms with van der Waals surface area (Å²) in [5, 5.41) is 34.5. The second-order valence-corrected chi connectivity index (χ2v) is 18.8. The van der Waals surface area contributed by atoms with Gasteiger partial charge in [-0.15, -0.1) is 11.8 Å². The zero-order valence-corrected chi connectivity index (χ0v) is 39.1. The molecule has 0 bridgehead atoms. The minimum atomic E-state index is -4.62. The van der Waals surface area contributed by atoms with Crippen molar-refractivity contribution < 1.29 is 32.9 Å². The molecule has 0 unspecified atom stereocenters. The summed E-state index contributed by atoms with van der Waals surface area (Å²) < 4.78 is 29.3. The summed E-state index contributed by atoms with van der Waals surface area (Å²) in [6, 6.07) is 32.9. The summed E-state index contributed by atoms with van der Waals surface area (Å²) in [6.45, 7) is 2.18. The lowest BCUT2D eigenvalue weighted by molar-refractivity contribution is -0.384. The lowest BCUT2D eigenvalue weighted by Gasteiger charge is -2.22. The zero-order valence-electron chi connectivity index (χ0n) is 36.7. The van der Waals surface area contributed by atoms with E-state index in [0.29, 0.717) is 68.3 Å². The first-order valence-corrected chi connectivity index (χ1v) is 24.2. The van der Waals surface area contributed by atoms with E-state index in [1.807, 2.05) is 103 Å². The van der Waals surface area contributed by atoms with Crippen LogP contribution in [0.2, 0.25) is 5.02 Å². The fourth-order valence-electron chi connectivity index (χ4n) is 6.79. The average molecular weight is 960 g/mol. The quantitative estimate of drug-likeness (QED) is 0.00915. The second kappa shape index (κ2) is 25.6. The Bertz CT molecular complexity index is 2530. The minimum Gasteiger partial charge on any atom is -0.382 e. The van der Waals surface area contributed by atoms with Crippen LogP contribution in [0.3, 0.4) is 0 Å². The molecule has 5 aromatic rings. The van der Waals surface area contributed by atoms with Crippen molar-refractivity contribution in [3.05, 3.63) is 142 Å². The fourth-order valence-corrected chi connectivity index (χ4v) is 8.90. The Morgan fingerprint density at radius 3 is 2.23 bits per heavy atom. The van der Waals surface area contributed by atoms with E-state index in [-0.39, 0.29) is 41.7 Å². The first kappa shape index (κ1) is 51.0. The summed E-state index contributed by atoms with van der Waals surface area (Å²) >= 11 is 7.70. The molecule has 0 aliphatic rings. The normalized spacial score (nSPS) is 11.7. The van der Waals surface area contributed by atoms with Crippen LogP contribution in [0.1, 0.15) is 54.4 Å². The Hall–Kier alpha value is -6.02. The predicted molar refractivity (Wildman–Crippen MR) is 261 cm³/mol. The number of amides is 3. The van der Waals surface area contributed by atoms with Crippen LogP contribution in [0.25, 0.3) is 11.1 Å². The molecule has 5 rings (SSSR count). The molecule has 19 heteroatoms. The van der Waals surface area contributed by atoms with Gasteiger partial charge in [-0.25, -0.2) is 18.6 Å². The van der Waals surface area contributed by atoms with Crippen LogP contribution in [0.15, 0.2) is 125 Å². The van der Waals surface area contributed by atoms with Gasteiger partial charge in [-0.2, -0.15) is 0 Å². The van der Waals surface area contributed by atoms with E-state index in [2.05, 4.69) is 21.3 Å². The number of rotatable bonds is 26. The number of nitro groups is 1. The Morgan fingerprint density at radius 1 is 0.818 bits per heavy atom. The van der Waals surface area contributed by atoms with Crippen LogP contribution in [0, 0.1) is 10.1 Å². The molecular formula is C47H55ClN8O8S2. The highest BCUT2D eigenvalue weighted by atomic mass is 35.5. The number of carbonyl (C=O) groups is 3. The summed E-state index contributed by atoms with van der Waals surface area (Å²) in [6.07, 6.45) is 2.29. The van der Waals surface area contributed by atoms with E-state index >= 15 is 0 Å². The van der Waals surface area contributed by atoms with Crippen molar-refractivity contribution in [2.45, 2.75) is 60.9 Å². The highest BCUT2D eigenvalue weighted by Gasteiger charge is 2.26. The van der Waals surface area contributed by atoms with Crippen LogP contribution in [0.5, 0.6) is 0 Å². The van der Waals surface area contributed by atoms with E-state index < -0.39 is 37.3 Å². The molecule has 5 aromatic carbocycles. The number of hydroxylamine groups is 1. The van der Waals surface area contributed by atoms with E-state index in [1.54, 1.807) is 23.3 Å². The third kappa shape index (κ3) is 16.1. The summed E-state index contributed by atoms with van der Waals surface area (Å²) in [4.78, 5) is 52.3. The van der Waals surface area contributed by atoms with Crippen molar-refractivity contribution in [3.63, 3.8) is 0 Å². The Balaban J connectivity index is 1.28. The number of nitro benzene ring substituents is 1. The number of carbonyl (C=O) groups excluding carboxylic acids is 3. The number of unbranched alkanes of at least 4 members (excludes halogenated alkanes) is 2. The summed E-state index contributed by atoms with van der Waals surface area (Å²) in [5.41, 5.74) is 5.01. The van der Waals surface area contributed by atoms with Gasteiger partial charge in [-0.3, -0.25) is 29.7 Å². The van der Waals surface area contributed by atoms with E-state index in [9.17, 15) is 32.9 Å². The van der Waals surface area contributed by atoms with E-state index in [4.69, 9.17) is 16.8 Å². The number of hydrogen-bond donors (Lipinski definition) is 7. The number of halogens is 1. The van der Waals surface area contributed by atoms with Crippen molar-refractivity contribution in [2.75, 3.05) is 55.4 Å². The Kier molecular flexibility index (Phi) is 19.8. The van der Waals surface area contributed by atoms with Gasteiger partial charge < -0.3 is 26.2 Å². The molecule has 0 spiro atoms. The highest BCUT2D eigenvalue weighted by molar-refractivity contribution is 7.99. The number of anilines is 3. The molecule has 0 aliphatic carbocycles. The van der Waals surface area contributed by atoms with Crippen LogP contribution >= 0.6 is 23.4 Å². The number of hydrogen-bond acceptors (Lipinski definition) is 13. The monoisotopic (exact) mass is 958 g/mol. The van der Waals surface area contributed by atoms with Crippen LogP contribution in [-0.4, -0.2) is 86.7 Å². The first-order valence-electron chi connectivity index (χ1n) is 21.3. The van der Waals surface area contributed by atoms with Gasteiger partial charge in [0.1, 0.15) is 5.69 Å². The van der Waals surface area contributed by atoms with Crippen molar-refractivity contribution in [3.8, 4) is 11.1 Å². The smallest absolute Gasteiger partial charge is 0.293 e. The van der Waals surface area contributed by atoms with Gasteiger partial charge in [0.25, 0.3) is 21.6 Å². The number of nitrogens with zero attached hydrogens (tertiary/aromatic N) is 2. The molecule has 350 valence electrons. The van der Waals surface area contributed by atoms with Crippen molar-refractivity contribution in [2.24, 2.45) is 0 Å². The van der Waals surface area contributed by atoms with E-state index in [1.165, 1.54) is 24.3 Å². The zero-order chi connectivity index (χ0) is 47.5. The van der Waals surface area contributed by atoms with Crippen molar-refractivity contribution in [1.82, 2.24) is 20.4 Å². The number of thioether (sulfide) groups is 1. The molecule has 0 heterocycles. The minimum absolute atomic E-state index is 0.0888. The van der Waals surface area contributed by atoms with Crippen LogP contribution in [-0.2, 0) is 26.2 Å². The van der Waals surface area contributed by atoms with Gasteiger partial charge in [0.15, 0.2) is 0 Å². The number of benzene rings is 5. The standard InChI is InChI=1S/C47H55ClN8O8S2/c1-55(2)28-25-37(32-65-38-12-5-3-6-13-38)51-42-24-22-39(30-44(42)56(61)62)66(63,64)54-47(59)34-19-23-41(43(29-34)52-45(57)15-7-4-8-16-46(58)53-60)50-27-26-49-31-35-11-9-10-14-40(35)33-17-20-36(48)21-18-33/h3,5-6,9-14,17-24,29-30,37,49-51,60H,4,7-8,15-16,25-28,31-32H2,1-2H3,(H,52,57)(H,53,58)(H,54,59)/t37-/m1/s1. The molecule has 66 heavy (non-hydrogen) atoms. The summed E-state index contributed by atoms with van der Waals surface area (Å²) in [7, 11) is -0.755. The lowest BCUT2D eigenvalue weighted by Crippen LogP contribution is -2.31. The molecule has 0 aromatic heterocycles. The summed E-state index contributed by atoms with van der Waals surface area (Å²) in [5.74, 6) is -1.33. The average Bonchev–Trinajstić information content (AvgIpc) is 3.30. The largest absolute Gasteiger partial charge is 0.382 e. The molecule has 3 amide bonds. The molecule has 0 saturated heterocycles. The molecule has 16 nitrogen and oxygen atoms in total. The van der Waals surface area contributed by atoms with Gasteiger partial charge in [-0.05, 0) is 111 Å². The molecular weight excluding hydrogens is 904 g/mol. The number of sulfonamides is 1. The maximum Gasteiger partial charge on any atom is 0.293 e. The van der Waals surface area contributed by atoms with Crippen LogP contribution < -0.4 is 31.5 Å². The van der Waals surface area contributed by atoms with Crippen molar-refractivity contribution >= 4 is 73.9 Å². The molecule has 0 radical (unpaired) electrons. The van der Waals surface area contributed by atoms with Gasteiger partial charge >= 0.3 is 0 Å². The second-order valence-electron chi connectivity index (χ2n) is 15.6. The van der Waals surface area contributed by atoms with Gasteiger partial charge in [0.05, 0.1) is 21.2 Å². The maximum absolute atomic E-state index is 13.6. The molecule has 0 aliphatic heterocycles. The van der Waals surface area contributed by atoms with E-state index in [0.717, 1.165) is 27.7 Å². The molecule has 0 fully saturated rings. The van der Waals surface area contributed by atoms with Gasteiger partial charge in [0.2, 0.25) is 11.8 Å². The van der Waals surface area contributed by atoms with Gasteiger partial charge in [-0.1, -0.05) is 72.6 Å². The van der Waals surface area contributed by atoms with Gasteiger partial charge in [0, 0.05) is 65.8 Å². The fraction of sp³-hybridized carbons (Fsp3) is 0.298. The highest BCUT2D eigenvalue weighted by Crippen LogP contribution is 2.31. The Morgan fingerprint density at radius 2 is 1.52 bits per heavy atom. The third-order valence-electron chi connectivity index (χ3n) is 10.3. The molecule has 7 N–H and O–H groups in total. The third-order valence-corrected chi connectivity index (χ3v) is 13.0. The van der Waals surface area contributed by atoms with Crippen molar-refractivity contribution in [1.29, 1.82) is 0 Å². The number of nitrogens with one attached hydrogen (secondary N) is 6. The Labute approximate surface area is 394 Å². The lowest BCUT2D eigenvalue weighted by atomic mass is 10.00. The predicted octanol–water partition coefficient (Wildman–Crippen LogP) is 8.15.